The van der Waals surface area contributed by atoms with Crippen LogP contribution in [-0.2, 0) is 0 Å². The number of anilines is 1. The Bertz CT molecular complexity index is 525. The number of nitrogens with two attached hydrogens (primary N) is 1. The fraction of sp³-hybridized carbons (Fsp3) is 0.588. The molecule has 0 bridgehead atoms. The molecule has 1 saturated carbocycles. The number of aliphatic imine (C=N–C) groups is 1. The van der Waals surface area contributed by atoms with E-state index in [4.69, 9.17) is 5.73 Å². The molecule has 1 aromatic rings. The third-order valence-corrected chi connectivity index (χ3v) is 4.86. The van der Waals surface area contributed by atoms with Crippen LogP contribution in [0.4, 0.5) is 5.69 Å². The third-order valence-electron chi connectivity index (χ3n) is 4.86. The lowest BCUT2D eigenvalue weighted by Gasteiger charge is -2.46. The minimum Gasteiger partial charge on any atom is -0.369 e. The van der Waals surface area contributed by atoms with Gasteiger partial charge in [-0.2, -0.15) is 0 Å². The highest BCUT2D eigenvalue weighted by molar-refractivity contribution is 5.99. The van der Waals surface area contributed by atoms with Crippen molar-refractivity contribution in [2.45, 2.75) is 45.6 Å². The van der Waals surface area contributed by atoms with Crippen LogP contribution in [-0.4, -0.2) is 18.0 Å². The van der Waals surface area contributed by atoms with Crippen LogP contribution in [0.2, 0.25) is 0 Å². The summed E-state index contributed by atoms with van der Waals surface area (Å²) in [4.78, 5) is 6.93. The zero-order valence-electron chi connectivity index (χ0n) is 12.8. The van der Waals surface area contributed by atoms with Gasteiger partial charge >= 0.3 is 0 Å². The maximum Gasteiger partial charge on any atom is 0.196 e. The maximum absolute atomic E-state index is 6.25. The molecule has 0 aromatic heterocycles. The van der Waals surface area contributed by atoms with E-state index in [-0.39, 0.29) is 5.54 Å². The van der Waals surface area contributed by atoms with Crippen LogP contribution in [0.3, 0.4) is 0 Å². The lowest BCUT2D eigenvalue weighted by Crippen LogP contribution is -2.55. The van der Waals surface area contributed by atoms with E-state index in [2.05, 4.69) is 54.9 Å². The summed E-state index contributed by atoms with van der Waals surface area (Å²) in [6, 6.07) is 8.51. The lowest BCUT2D eigenvalue weighted by molar-refractivity contribution is 0.197. The summed E-state index contributed by atoms with van der Waals surface area (Å²) in [5.41, 5.74) is 8.86. The van der Waals surface area contributed by atoms with Gasteiger partial charge in [-0.1, -0.05) is 32.0 Å². The molecule has 108 valence electrons. The van der Waals surface area contributed by atoms with E-state index in [9.17, 15) is 0 Å². The molecule has 0 radical (unpaired) electrons. The van der Waals surface area contributed by atoms with Crippen molar-refractivity contribution < 1.29 is 0 Å². The van der Waals surface area contributed by atoms with E-state index in [0.29, 0.717) is 5.96 Å². The Kier molecular flexibility index (Phi) is 3.23. The lowest BCUT2D eigenvalue weighted by atomic mass is 9.71. The zero-order valence-corrected chi connectivity index (χ0v) is 12.8. The number of benzene rings is 1. The Morgan fingerprint density at radius 2 is 1.85 bits per heavy atom. The molecule has 1 aliphatic heterocycles. The number of rotatable bonds is 1. The molecule has 3 heteroatoms. The quantitative estimate of drug-likeness (QED) is 0.851. The van der Waals surface area contributed by atoms with E-state index >= 15 is 0 Å². The average molecular weight is 271 g/mol. The summed E-state index contributed by atoms with van der Waals surface area (Å²) in [5.74, 6) is 2.18. The molecule has 0 saturated heterocycles. The Morgan fingerprint density at radius 1 is 1.20 bits per heavy atom. The van der Waals surface area contributed by atoms with Crippen molar-refractivity contribution in [2.75, 3.05) is 11.4 Å². The van der Waals surface area contributed by atoms with Gasteiger partial charge in [0.1, 0.15) is 0 Å². The van der Waals surface area contributed by atoms with Gasteiger partial charge in [-0.15, -0.1) is 0 Å². The van der Waals surface area contributed by atoms with Gasteiger partial charge in [0.25, 0.3) is 0 Å². The fourth-order valence-corrected chi connectivity index (χ4v) is 4.35. The first-order chi connectivity index (χ1) is 9.52. The van der Waals surface area contributed by atoms with Gasteiger partial charge in [-0.05, 0) is 49.7 Å². The SMILES string of the molecule is Cc1ccccc1N1C(N)=NCC12CC(C)CC(C)C2. The highest BCUT2D eigenvalue weighted by atomic mass is 15.4. The molecule has 1 heterocycles. The molecular weight excluding hydrogens is 246 g/mol. The second kappa shape index (κ2) is 4.80. The molecular formula is C17H25N3. The summed E-state index contributed by atoms with van der Waals surface area (Å²) in [6.45, 7) is 7.73. The normalized spacial score (nSPS) is 33.5. The topological polar surface area (TPSA) is 41.6 Å². The number of para-hydroxylation sites is 1. The van der Waals surface area contributed by atoms with Crippen LogP contribution in [0.5, 0.6) is 0 Å². The van der Waals surface area contributed by atoms with Crippen molar-refractivity contribution in [1.29, 1.82) is 0 Å². The van der Waals surface area contributed by atoms with Crippen molar-refractivity contribution in [3.05, 3.63) is 29.8 Å². The van der Waals surface area contributed by atoms with Crippen LogP contribution < -0.4 is 10.6 Å². The molecule has 20 heavy (non-hydrogen) atoms. The second-order valence-corrected chi connectivity index (χ2v) is 6.87. The first-order valence-corrected chi connectivity index (χ1v) is 7.68. The van der Waals surface area contributed by atoms with Crippen LogP contribution in [0.1, 0.15) is 38.7 Å². The third kappa shape index (κ3) is 2.09. The van der Waals surface area contributed by atoms with Crippen molar-refractivity contribution in [3.63, 3.8) is 0 Å². The van der Waals surface area contributed by atoms with Crippen molar-refractivity contribution in [2.24, 2.45) is 22.6 Å². The maximum atomic E-state index is 6.25. The van der Waals surface area contributed by atoms with Gasteiger partial charge in [0, 0.05) is 5.69 Å². The van der Waals surface area contributed by atoms with Gasteiger partial charge in [-0.3, -0.25) is 4.99 Å². The smallest absolute Gasteiger partial charge is 0.196 e. The largest absolute Gasteiger partial charge is 0.369 e. The minimum absolute atomic E-state index is 0.104. The Labute approximate surface area is 121 Å². The summed E-state index contributed by atoms with van der Waals surface area (Å²) >= 11 is 0. The van der Waals surface area contributed by atoms with Crippen molar-refractivity contribution >= 4 is 11.6 Å². The monoisotopic (exact) mass is 271 g/mol. The summed E-state index contributed by atoms with van der Waals surface area (Å²) in [5, 5.41) is 0. The predicted molar refractivity (Wildman–Crippen MR) is 85.1 cm³/mol. The van der Waals surface area contributed by atoms with E-state index in [1.807, 2.05) is 0 Å². The van der Waals surface area contributed by atoms with E-state index in [1.54, 1.807) is 0 Å². The molecule has 1 spiro atoms. The standard InChI is InChI=1S/C17H25N3/c1-12-8-13(2)10-17(9-12)11-19-16(18)20(17)15-7-5-4-6-14(15)3/h4-7,12-13H,8-11H2,1-3H3,(H2,18,19). The van der Waals surface area contributed by atoms with E-state index < -0.39 is 0 Å². The van der Waals surface area contributed by atoms with Crippen LogP contribution in [0, 0.1) is 18.8 Å². The summed E-state index contributed by atoms with van der Waals surface area (Å²) < 4.78 is 0. The second-order valence-electron chi connectivity index (χ2n) is 6.87. The molecule has 2 aliphatic rings. The predicted octanol–water partition coefficient (Wildman–Crippen LogP) is 3.32. The molecule has 3 nitrogen and oxygen atoms in total. The average Bonchev–Trinajstić information content (AvgIpc) is 2.66. The first kappa shape index (κ1) is 13.5. The molecule has 0 amide bonds. The zero-order chi connectivity index (χ0) is 14.3. The van der Waals surface area contributed by atoms with Gasteiger partial charge in [0.15, 0.2) is 5.96 Å². The van der Waals surface area contributed by atoms with Crippen LogP contribution >= 0.6 is 0 Å². The number of hydrogen-bond acceptors (Lipinski definition) is 3. The summed E-state index contributed by atoms with van der Waals surface area (Å²) in [6.07, 6.45) is 3.70. The fourth-order valence-electron chi connectivity index (χ4n) is 4.35. The molecule has 2 N–H and O–H groups in total. The van der Waals surface area contributed by atoms with Crippen molar-refractivity contribution in [3.8, 4) is 0 Å². The van der Waals surface area contributed by atoms with E-state index in [1.165, 1.54) is 30.5 Å². The van der Waals surface area contributed by atoms with Crippen LogP contribution in [0.25, 0.3) is 0 Å². The Balaban J connectivity index is 2.02. The van der Waals surface area contributed by atoms with E-state index in [0.717, 1.165) is 18.4 Å². The number of guanidine groups is 1. The summed E-state index contributed by atoms with van der Waals surface area (Å²) in [7, 11) is 0. The number of hydrogen-bond donors (Lipinski definition) is 1. The van der Waals surface area contributed by atoms with Gasteiger partial charge < -0.3 is 10.6 Å². The van der Waals surface area contributed by atoms with Crippen LogP contribution in [0.15, 0.2) is 29.3 Å². The highest BCUT2D eigenvalue weighted by Gasteiger charge is 2.47. The number of aryl methyl sites for hydroxylation is 1. The van der Waals surface area contributed by atoms with Crippen molar-refractivity contribution in [1.82, 2.24) is 0 Å². The Hall–Kier alpha value is -1.51. The molecule has 3 rings (SSSR count). The number of nitrogens with zero attached hydrogens (tertiary/aromatic N) is 2. The molecule has 2 unspecified atom stereocenters. The molecule has 1 aromatic carbocycles. The van der Waals surface area contributed by atoms with Gasteiger partial charge in [0.2, 0.25) is 0 Å². The first-order valence-electron chi connectivity index (χ1n) is 7.68. The molecule has 2 atom stereocenters. The minimum atomic E-state index is 0.104. The van der Waals surface area contributed by atoms with Gasteiger partial charge in [-0.25, -0.2) is 0 Å². The molecule has 1 fully saturated rings. The highest BCUT2D eigenvalue weighted by Crippen LogP contribution is 2.44. The molecule has 1 aliphatic carbocycles. The Morgan fingerprint density at radius 3 is 2.50 bits per heavy atom. The van der Waals surface area contributed by atoms with Gasteiger partial charge in [0.05, 0.1) is 12.1 Å².